The van der Waals surface area contributed by atoms with Crippen molar-refractivity contribution in [1.82, 2.24) is 4.98 Å². The van der Waals surface area contributed by atoms with Crippen LogP contribution in [-0.2, 0) is 12.8 Å². The highest BCUT2D eigenvalue weighted by Crippen LogP contribution is 2.30. The molecule has 0 unspecified atom stereocenters. The molecule has 0 bridgehead atoms. The fraction of sp³-hybridized carbons (Fsp3) is 0.211. The number of hydrogen-bond acceptors (Lipinski definition) is 1. The van der Waals surface area contributed by atoms with Crippen LogP contribution < -0.4 is 0 Å². The molecule has 1 aromatic carbocycles. The molecule has 0 saturated carbocycles. The average molecular weight is 261 g/mol. The Morgan fingerprint density at radius 3 is 2.50 bits per heavy atom. The first-order valence-electron chi connectivity index (χ1n) is 7.15. The Balaban J connectivity index is 1.73. The third-order valence-electron chi connectivity index (χ3n) is 3.96. The summed E-state index contributed by atoms with van der Waals surface area (Å²) in [4.78, 5) is 4.43. The van der Waals surface area contributed by atoms with Crippen molar-refractivity contribution in [2.24, 2.45) is 0 Å². The molecule has 1 aliphatic carbocycles. The second-order valence-electron chi connectivity index (χ2n) is 5.32. The topological polar surface area (TPSA) is 12.9 Å². The minimum absolute atomic E-state index is 0.974. The molecule has 1 aromatic heterocycles. The maximum Gasteiger partial charge on any atom is 0.0444 e. The van der Waals surface area contributed by atoms with Gasteiger partial charge in [-0.25, -0.2) is 0 Å². The molecule has 0 saturated heterocycles. The third-order valence-corrected chi connectivity index (χ3v) is 3.96. The number of hydrogen-bond donors (Lipinski definition) is 0. The first-order valence-corrected chi connectivity index (χ1v) is 7.15. The van der Waals surface area contributed by atoms with Crippen molar-refractivity contribution in [1.29, 1.82) is 0 Å². The molecule has 0 spiro atoms. The van der Waals surface area contributed by atoms with Gasteiger partial charge in [-0.2, -0.15) is 0 Å². The zero-order valence-electron chi connectivity index (χ0n) is 11.8. The van der Waals surface area contributed by atoms with Crippen molar-refractivity contribution in [2.45, 2.75) is 26.2 Å². The Morgan fingerprint density at radius 1 is 0.950 bits per heavy atom. The average Bonchev–Trinajstić information content (AvgIpc) is 2.83. The second kappa shape index (κ2) is 5.87. The van der Waals surface area contributed by atoms with Crippen molar-refractivity contribution < 1.29 is 0 Å². The van der Waals surface area contributed by atoms with Crippen molar-refractivity contribution in [3.05, 3.63) is 88.8 Å². The van der Waals surface area contributed by atoms with Crippen LogP contribution in [0.3, 0.4) is 0 Å². The van der Waals surface area contributed by atoms with Gasteiger partial charge in [-0.1, -0.05) is 48.0 Å². The molecule has 1 aliphatic rings. The zero-order valence-corrected chi connectivity index (χ0v) is 11.8. The Kier molecular flexibility index (Phi) is 3.78. The molecule has 3 rings (SSSR count). The van der Waals surface area contributed by atoms with E-state index in [-0.39, 0.29) is 0 Å². The number of aromatic nitrogens is 1. The van der Waals surface area contributed by atoms with Crippen LogP contribution in [0.2, 0.25) is 0 Å². The number of pyridine rings is 1. The van der Waals surface area contributed by atoms with E-state index < -0.39 is 0 Å². The standard InChI is InChI=1S/C19H19N/c1-15-17(13-16-7-3-2-4-8-16)10-11-18(15)14-19-9-5-6-12-20-19/h2-10,12H,11,13-14H2,1H3. The van der Waals surface area contributed by atoms with Crippen LogP contribution in [0.5, 0.6) is 0 Å². The Hall–Kier alpha value is -2.15. The maximum absolute atomic E-state index is 4.43. The molecule has 20 heavy (non-hydrogen) atoms. The van der Waals surface area contributed by atoms with Gasteiger partial charge in [0, 0.05) is 18.3 Å². The smallest absolute Gasteiger partial charge is 0.0444 e. The van der Waals surface area contributed by atoms with Crippen molar-refractivity contribution in [3.8, 4) is 0 Å². The summed E-state index contributed by atoms with van der Waals surface area (Å²) in [5.41, 5.74) is 6.99. The molecular formula is C19H19N. The summed E-state index contributed by atoms with van der Waals surface area (Å²) < 4.78 is 0. The monoisotopic (exact) mass is 261 g/mol. The van der Waals surface area contributed by atoms with Gasteiger partial charge in [0.15, 0.2) is 0 Å². The first-order chi connectivity index (χ1) is 9.83. The van der Waals surface area contributed by atoms with E-state index in [1.54, 1.807) is 0 Å². The lowest BCUT2D eigenvalue weighted by atomic mass is 9.99. The molecule has 2 aromatic rings. The molecule has 1 heterocycles. The minimum Gasteiger partial charge on any atom is -0.261 e. The van der Waals surface area contributed by atoms with Crippen LogP contribution in [0.4, 0.5) is 0 Å². The first kappa shape index (κ1) is 12.9. The molecule has 100 valence electrons. The summed E-state index contributed by atoms with van der Waals surface area (Å²) in [5, 5.41) is 0. The molecule has 0 atom stereocenters. The molecular weight excluding hydrogens is 242 g/mol. The van der Waals surface area contributed by atoms with Crippen LogP contribution in [-0.4, -0.2) is 4.98 Å². The molecule has 1 heteroatoms. The van der Waals surface area contributed by atoms with Gasteiger partial charge < -0.3 is 0 Å². The largest absolute Gasteiger partial charge is 0.261 e. The number of rotatable bonds is 4. The second-order valence-corrected chi connectivity index (χ2v) is 5.32. The Morgan fingerprint density at radius 2 is 1.75 bits per heavy atom. The maximum atomic E-state index is 4.43. The highest BCUT2D eigenvalue weighted by Gasteiger charge is 2.14. The highest BCUT2D eigenvalue weighted by molar-refractivity contribution is 5.45. The predicted octanol–water partition coefficient (Wildman–Crippen LogP) is 4.51. The predicted molar refractivity (Wildman–Crippen MR) is 83.5 cm³/mol. The van der Waals surface area contributed by atoms with E-state index in [2.05, 4.69) is 60.4 Å². The van der Waals surface area contributed by atoms with Crippen LogP contribution in [0.15, 0.2) is 77.5 Å². The molecule has 0 radical (unpaired) electrons. The van der Waals surface area contributed by atoms with Gasteiger partial charge >= 0.3 is 0 Å². The summed E-state index contributed by atoms with van der Waals surface area (Å²) in [7, 11) is 0. The fourth-order valence-corrected chi connectivity index (χ4v) is 2.73. The van der Waals surface area contributed by atoms with Crippen LogP contribution >= 0.6 is 0 Å². The van der Waals surface area contributed by atoms with Crippen LogP contribution in [0, 0.1) is 0 Å². The number of allylic oxidation sites excluding steroid dienone is 4. The van der Waals surface area contributed by atoms with Gasteiger partial charge in [0.25, 0.3) is 0 Å². The normalized spacial score (nSPS) is 14.6. The SMILES string of the molecule is CC1=C(Cc2ccccn2)CC=C1Cc1ccccc1. The number of benzene rings is 1. The van der Waals surface area contributed by atoms with E-state index >= 15 is 0 Å². The van der Waals surface area contributed by atoms with Crippen LogP contribution in [0.25, 0.3) is 0 Å². The summed E-state index contributed by atoms with van der Waals surface area (Å²) in [6.45, 7) is 2.25. The van der Waals surface area contributed by atoms with Crippen molar-refractivity contribution in [3.63, 3.8) is 0 Å². The van der Waals surface area contributed by atoms with E-state index in [9.17, 15) is 0 Å². The van der Waals surface area contributed by atoms with Gasteiger partial charge in [0.2, 0.25) is 0 Å². The minimum atomic E-state index is 0.974. The van der Waals surface area contributed by atoms with Gasteiger partial charge in [0.05, 0.1) is 0 Å². The van der Waals surface area contributed by atoms with Gasteiger partial charge in [0.1, 0.15) is 0 Å². The van der Waals surface area contributed by atoms with Gasteiger partial charge in [-0.3, -0.25) is 4.98 Å². The van der Waals surface area contributed by atoms with E-state index in [0.29, 0.717) is 0 Å². The lowest BCUT2D eigenvalue weighted by molar-refractivity contribution is 1.00. The Bertz CT molecular complexity index is 591. The highest BCUT2D eigenvalue weighted by atomic mass is 14.7. The quantitative estimate of drug-likeness (QED) is 0.789. The molecule has 0 amide bonds. The summed E-state index contributed by atoms with van der Waals surface area (Å²) in [6, 6.07) is 16.8. The summed E-state index contributed by atoms with van der Waals surface area (Å²) in [6.07, 6.45) is 7.34. The lowest BCUT2D eigenvalue weighted by Crippen LogP contribution is -1.95. The number of nitrogens with zero attached hydrogens (tertiary/aromatic N) is 1. The molecule has 0 fully saturated rings. The molecule has 0 N–H and O–H groups in total. The van der Waals surface area contributed by atoms with Crippen molar-refractivity contribution in [2.75, 3.05) is 0 Å². The van der Waals surface area contributed by atoms with E-state index in [4.69, 9.17) is 0 Å². The van der Waals surface area contributed by atoms with E-state index in [1.165, 1.54) is 22.3 Å². The summed E-state index contributed by atoms with van der Waals surface area (Å²) in [5.74, 6) is 0. The van der Waals surface area contributed by atoms with E-state index in [1.807, 2.05) is 12.3 Å². The summed E-state index contributed by atoms with van der Waals surface area (Å²) >= 11 is 0. The fourth-order valence-electron chi connectivity index (χ4n) is 2.73. The molecule has 0 aliphatic heterocycles. The molecule has 1 nitrogen and oxygen atoms in total. The van der Waals surface area contributed by atoms with Gasteiger partial charge in [-0.15, -0.1) is 0 Å². The van der Waals surface area contributed by atoms with Gasteiger partial charge in [-0.05, 0) is 48.6 Å². The third kappa shape index (κ3) is 2.88. The van der Waals surface area contributed by atoms with Crippen LogP contribution in [0.1, 0.15) is 24.6 Å². The zero-order chi connectivity index (χ0) is 13.8. The van der Waals surface area contributed by atoms with E-state index in [0.717, 1.165) is 25.0 Å². The Labute approximate surface area is 120 Å². The van der Waals surface area contributed by atoms with Crippen molar-refractivity contribution >= 4 is 0 Å². The lowest BCUT2D eigenvalue weighted by Gasteiger charge is -2.07.